The highest BCUT2D eigenvalue weighted by Crippen LogP contribution is 2.24. The van der Waals surface area contributed by atoms with Crippen molar-refractivity contribution in [2.24, 2.45) is 5.73 Å². The minimum Gasteiger partial charge on any atom is -0.481 e. The summed E-state index contributed by atoms with van der Waals surface area (Å²) in [5, 5.41) is 11.5. The van der Waals surface area contributed by atoms with Crippen LogP contribution in [-0.4, -0.2) is 17.2 Å². The third-order valence-electron chi connectivity index (χ3n) is 3.50. The van der Waals surface area contributed by atoms with Gasteiger partial charge in [-0.1, -0.05) is 42.5 Å². The molecule has 1 amide bonds. The van der Waals surface area contributed by atoms with E-state index in [1.807, 2.05) is 30.3 Å². The molecule has 1 unspecified atom stereocenters. The van der Waals surface area contributed by atoms with Gasteiger partial charge in [-0.3, -0.25) is 10.1 Å². The zero-order valence-corrected chi connectivity index (χ0v) is 13.4. The van der Waals surface area contributed by atoms with E-state index in [4.69, 9.17) is 15.6 Å². The number of carboxylic acids is 1. The SMILES string of the molecule is CC(N)(CC(=O)O)c1cccc(NC(=O)OCc2ccccc2)c1. The van der Waals surface area contributed by atoms with Gasteiger partial charge in [-0.15, -0.1) is 0 Å². The first-order valence-electron chi connectivity index (χ1n) is 7.46. The van der Waals surface area contributed by atoms with Crippen molar-refractivity contribution in [3.8, 4) is 0 Å². The quantitative estimate of drug-likeness (QED) is 0.756. The maximum atomic E-state index is 11.9. The largest absolute Gasteiger partial charge is 0.481 e. The number of carboxylic acid groups (broad SMARTS) is 1. The predicted octanol–water partition coefficient (Wildman–Crippen LogP) is 3.08. The number of nitrogens with two attached hydrogens (primary N) is 1. The van der Waals surface area contributed by atoms with Gasteiger partial charge in [-0.05, 0) is 30.2 Å². The molecule has 2 rings (SSSR count). The second-order valence-electron chi connectivity index (χ2n) is 5.76. The number of hydrogen-bond acceptors (Lipinski definition) is 4. The summed E-state index contributed by atoms with van der Waals surface area (Å²) < 4.78 is 5.15. The van der Waals surface area contributed by atoms with E-state index in [0.29, 0.717) is 11.3 Å². The first kappa shape index (κ1) is 17.5. The van der Waals surface area contributed by atoms with Crippen molar-refractivity contribution in [3.63, 3.8) is 0 Å². The molecule has 0 radical (unpaired) electrons. The highest BCUT2D eigenvalue weighted by molar-refractivity contribution is 5.84. The van der Waals surface area contributed by atoms with Gasteiger partial charge in [0, 0.05) is 11.2 Å². The molecule has 0 spiro atoms. The predicted molar refractivity (Wildman–Crippen MR) is 90.5 cm³/mol. The monoisotopic (exact) mass is 328 g/mol. The Balaban J connectivity index is 1.98. The number of anilines is 1. The van der Waals surface area contributed by atoms with E-state index in [2.05, 4.69) is 5.32 Å². The summed E-state index contributed by atoms with van der Waals surface area (Å²) in [4.78, 5) is 22.8. The molecule has 24 heavy (non-hydrogen) atoms. The Morgan fingerprint density at radius 2 is 1.88 bits per heavy atom. The number of carbonyl (C=O) groups excluding carboxylic acids is 1. The molecular formula is C18H20N2O4. The highest BCUT2D eigenvalue weighted by Gasteiger charge is 2.25. The number of ether oxygens (including phenoxy) is 1. The number of amides is 1. The molecule has 2 aromatic rings. The van der Waals surface area contributed by atoms with Gasteiger partial charge in [0.1, 0.15) is 6.61 Å². The molecule has 0 bridgehead atoms. The zero-order chi connectivity index (χ0) is 17.6. The second kappa shape index (κ2) is 7.61. The molecule has 0 aromatic heterocycles. The second-order valence-corrected chi connectivity index (χ2v) is 5.76. The van der Waals surface area contributed by atoms with Gasteiger partial charge in [0.05, 0.1) is 6.42 Å². The van der Waals surface area contributed by atoms with Crippen LogP contribution in [0.3, 0.4) is 0 Å². The Kier molecular flexibility index (Phi) is 5.55. The summed E-state index contributed by atoms with van der Waals surface area (Å²) in [6.07, 6.45) is -0.803. The van der Waals surface area contributed by atoms with Crippen LogP contribution >= 0.6 is 0 Å². The third kappa shape index (κ3) is 5.10. The van der Waals surface area contributed by atoms with Crippen molar-refractivity contribution in [1.82, 2.24) is 0 Å². The standard InChI is InChI=1S/C18H20N2O4/c1-18(19,11-16(21)22)14-8-5-9-15(10-14)20-17(23)24-12-13-6-3-2-4-7-13/h2-10H,11-12,19H2,1H3,(H,20,23)(H,21,22). The Morgan fingerprint density at radius 1 is 1.17 bits per heavy atom. The van der Waals surface area contributed by atoms with E-state index in [1.165, 1.54) is 0 Å². The summed E-state index contributed by atoms with van der Waals surface area (Å²) in [5.41, 5.74) is 7.01. The Hall–Kier alpha value is -2.86. The lowest BCUT2D eigenvalue weighted by Gasteiger charge is -2.23. The van der Waals surface area contributed by atoms with Crippen LogP contribution in [0.4, 0.5) is 10.5 Å². The van der Waals surface area contributed by atoms with Crippen LogP contribution in [0.1, 0.15) is 24.5 Å². The summed E-state index contributed by atoms with van der Waals surface area (Å²) in [6.45, 7) is 1.80. The summed E-state index contributed by atoms with van der Waals surface area (Å²) in [6, 6.07) is 16.1. The van der Waals surface area contributed by atoms with Crippen molar-refractivity contribution < 1.29 is 19.4 Å². The molecule has 1 atom stereocenters. The van der Waals surface area contributed by atoms with E-state index >= 15 is 0 Å². The normalized spacial score (nSPS) is 12.9. The minimum atomic E-state index is -1.03. The van der Waals surface area contributed by atoms with E-state index in [9.17, 15) is 9.59 Å². The smallest absolute Gasteiger partial charge is 0.411 e. The van der Waals surface area contributed by atoms with Crippen LogP contribution in [0.15, 0.2) is 54.6 Å². The molecule has 6 nitrogen and oxygen atoms in total. The van der Waals surface area contributed by atoms with Crippen LogP contribution in [-0.2, 0) is 21.7 Å². The first-order chi connectivity index (χ1) is 11.4. The van der Waals surface area contributed by atoms with E-state index < -0.39 is 17.6 Å². The molecule has 0 aliphatic rings. The lowest BCUT2D eigenvalue weighted by Crippen LogP contribution is -2.35. The highest BCUT2D eigenvalue weighted by atomic mass is 16.5. The fraction of sp³-hybridized carbons (Fsp3) is 0.222. The number of carbonyl (C=O) groups is 2. The van der Waals surface area contributed by atoms with Gasteiger partial charge in [-0.25, -0.2) is 4.79 Å². The number of rotatable bonds is 6. The molecule has 0 saturated heterocycles. The summed E-state index contributed by atoms with van der Waals surface area (Å²) in [5.74, 6) is -0.986. The van der Waals surface area contributed by atoms with Crippen molar-refractivity contribution in [1.29, 1.82) is 0 Å². The minimum absolute atomic E-state index is 0.167. The van der Waals surface area contributed by atoms with Crippen LogP contribution in [0.25, 0.3) is 0 Å². The van der Waals surface area contributed by atoms with Gasteiger partial charge in [0.25, 0.3) is 0 Å². The zero-order valence-electron chi connectivity index (χ0n) is 13.4. The van der Waals surface area contributed by atoms with Crippen LogP contribution in [0.5, 0.6) is 0 Å². The summed E-state index contributed by atoms with van der Waals surface area (Å²) in [7, 11) is 0. The molecular weight excluding hydrogens is 308 g/mol. The van der Waals surface area contributed by atoms with Crippen molar-refractivity contribution >= 4 is 17.7 Å². The van der Waals surface area contributed by atoms with Gasteiger partial charge in [0.15, 0.2) is 0 Å². The number of hydrogen-bond donors (Lipinski definition) is 3. The average molecular weight is 328 g/mol. The van der Waals surface area contributed by atoms with Crippen molar-refractivity contribution in [2.75, 3.05) is 5.32 Å². The first-order valence-corrected chi connectivity index (χ1v) is 7.46. The van der Waals surface area contributed by atoms with Crippen LogP contribution in [0, 0.1) is 0 Å². The number of nitrogens with one attached hydrogen (secondary N) is 1. The maximum Gasteiger partial charge on any atom is 0.411 e. The fourth-order valence-corrected chi connectivity index (χ4v) is 2.25. The van der Waals surface area contributed by atoms with Crippen LogP contribution in [0.2, 0.25) is 0 Å². The van der Waals surface area contributed by atoms with Crippen molar-refractivity contribution in [3.05, 3.63) is 65.7 Å². The van der Waals surface area contributed by atoms with E-state index in [-0.39, 0.29) is 13.0 Å². The molecule has 4 N–H and O–H groups in total. The fourth-order valence-electron chi connectivity index (χ4n) is 2.25. The molecule has 126 valence electrons. The maximum absolute atomic E-state index is 11.9. The Bertz CT molecular complexity index is 714. The molecule has 0 saturated carbocycles. The summed E-state index contributed by atoms with van der Waals surface area (Å²) >= 11 is 0. The lowest BCUT2D eigenvalue weighted by atomic mass is 9.89. The Labute approximate surface area is 140 Å². The third-order valence-corrected chi connectivity index (χ3v) is 3.50. The molecule has 6 heteroatoms. The van der Waals surface area contributed by atoms with Crippen LogP contribution < -0.4 is 11.1 Å². The van der Waals surface area contributed by atoms with E-state index in [0.717, 1.165) is 5.56 Å². The topological polar surface area (TPSA) is 102 Å². The molecule has 2 aromatic carbocycles. The Morgan fingerprint density at radius 3 is 2.54 bits per heavy atom. The molecule has 0 fully saturated rings. The van der Waals surface area contributed by atoms with E-state index in [1.54, 1.807) is 31.2 Å². The number of benzene rings is 2. The molecule has 0 aliphatic carbocycles. The van der Waals surface area contributed by atoms with Gasteiger partial charge < -0.3 is 15.6 Å². The van der Waals surface area contributed by atoms with Crippen molar-refractivity contribution in [2.45, 2.75) is 25.5 Å². The molecule has 0 aliphatic heterocycles. The average Bonchev–Trinajstić information content (AvgIpc) is 2.53. The van der Waals surface area contributed by atoms with Gasteiger partial charge >= 0.3 is 12.1 Å². The van der Waals surface area contributed by atoms with Gasteiger partial charge in [0.2, 0.25) is 0 Å². The lowest BCUT2D eigenvalue weighted by molar-refractivity contribution is -0.138. The molecule has 0 heterocycles. The van der Waals surface area contributed by atoms with Gasteiger partial charge in [-0.2, -0.15) is 0 Å². The number of aliphatic carboxylic acids is 1.